The minimum Gasteiger partial charge on any atom is -0.393 e. The number of allylic oxidation sites excluding steroid dienone is 1. The smallest absolute Gasteiger partial charge is 0.393 e. The first kappa shape index (κ1) is 60.2. The van der Waals surface area contributed by atoms with Crippen LogP contribution in [0.4, 0.5) is 0 Å². The number of nitrogens with two attached hydrogens (primary N) is 1. The van der Waals surface area contributed by atoms with E-state index in [-0.39, 0.29) is 19.6 Å². The molecule has 0 aromatic carbocycles. The summed E-state index contributed by atoms with van der Waals surface area (Å²) in [5.41, 5.74) is 5.39. The molecule has 0 aliphatic heterocycles. The lowest BCUT2D eigenvalue weighted by molar-refractivity contribution is -0.124. The molecule has 10 heteroatoms. The molecule has 0 aromatic heterocycles. The van der Waals surface area contributed by atoms with Crippen molar-refractivity contribution in [2.45, 2.75) is 289 Å². The molecule has 4 atom stereocenters. The summed E-state index contributed by atoms with van der Waals surface area (Å²) in [7, 11) is -4.40. The summed E-state index contributed by atoms with van der Waals surface area (Å²) >= 11 is 0. The van der Waals surface area contributed by atoms with Gasteiger partial charge in [0.1, 0.15) is 0 Å². The van der Waals surface area contributed by atoms with Crippen LogP contribution in [0.5, 0.6) is 0 Å². The minimum absolute atomic E-state index is 0.0519. The number of hydrogen-bond donors (Lipinski definition) is 5. The molecule has 6 N–H and O–H groups in total. The summed E-state index contributed by atoms with van der Waals surface area (Å²) in [6.45, 7) is 4.02. The third-order valence-electron chi connectivity index (χ3n) is 12.2. The quantitative estimate of drug-likeness (QED) is 0.0230. The minimum atomic E-state index is -4.40. The van der Waals surface area contributed by atoms with Gasteiger partial charge in [0.2, 0.25) is 5.91 Å². The highest BCUT2D eigenvalue weighted by atomic mass is 31.2. The molecule has 0 aliphatic carbocycles. The molecular weight excluding hydrogens is 784 g/mol. The number of aliphatic hydroxyl groups is 2. The predicted molar refractivity (Wildman–Crippen MR) is 260 cm³/mol. The second kappa shape index (κ2) is 47.2. The van der Waals surface area contributed by atoms with E-state index >= 15 is 0 Å². The van der Waals surface area contributed by atoms with Crippen LogP contribution in [-0.2, 0) is 18.4 Å². The number of carbonyl (C=O) groups is 1. The van der Waals surface area contributed by atoms with Gasteiger partial charge in [-0.3, -0.25) is 13.8 Å². The van der Waals surface area contributed by atoms with E-state index in [1.165, 1.54) is 205 Å². The van der Waals surface area contributed by atoms with Crippen molar-refractivity contribution in [1.29, 1.82) is 0 Å². The fourth-order valence-corrected chi connectivity index (χ4v) is 8.94. The standard InChI is InChI=1S/C51H103N2O7P/c1-3-5-7-9-11-13-15-17-19-21-23-25-27-29-31-33-35-37-39-41-43-50(55)49(47-60-61(57,58)59-45-44-52)53-51(56)46-48(54)42-40-38-36-34-32-30-28-26-24-22-20-18-16-14-12-10-8-6-4-2/h41,43,48-50,54-55H,3-40,42,44-47,52H2,1-2H3,(H,53,56)(H,57,58)/b43-41+. The number of nitrogens with one attached hydrogen (secondary N) is 1. The molecule has 4 unspecified atom stereocenters. The third kappa shape index (κ3) is 45.6. The zero-order valence-corrected chi connectivity index (χ0v) is 41.2. The third-order valence-corrected chi connectivity index (χ3v) is 13.2. The van der Waals surface area contributed by atoms with Crippen LogP contribution in [0.15, 0.2) is 12.2 Å². The van der Waals surface area contributed by atoms with Crippen molar-refractivity contribution in [3.8, 4) is 0 Å². The highest BCUT2D eigenvalue weighted by Crippen LogP contribution is 2.43. The fourth-order valence-electron chi connectivity index (χ4n) is 8.18. The molecular formula is C51H103N2O7P. The van der Waals surface area contributed by atoms with E-state index < -0.39 is 38.6 Å². The number of phosphoric ester groups is 1. The first-order valence-corrected chi connectivity index (χ1v) is 27.9. The Bertz CT molecular complexity index is 987. The van der Waals surface area contributed by atoms with Gasteiger partial charge in [-0.15, -0.1) is 0 Å². The van der Waals surface area contributed by atoms with Gasteiger partial charge in [-0.2, -0.15) is 0 Å². The molecule has 0 bridgehead atoms. The van der Waals surface area contributed by atoms with Gasteiger partial charge in [-0.1, -0.05) is 257 Å². The second-order valence-electron chi connectivity index (χ2n) is 18.3. The van der Waals surface area contributed by atoms with Crippen molar-refractivity contribution in [2.24, 2.45) is 5.73 Å². The Hall–Kier alpha value is -0.800. The van der Waals surface area contributed by atoms with E-state index in [0.29, 0.717) is 6.42 Å². The van der Waals surface area contributed by atoms with Crippen LogP contribution in [0.25, 0.3) is 0 Å². The number of carbonyl (C=O) groups excluding carboxylic acids is 1. The Morgan fingerprint density at radius 3 is 1.26 bits per heavy atom. The molecule has 0 spiro atoms. The number of unbranched alkanes of at least 4 members (excludes halogenated alkanes) is 36. The largest absolute Gasteiger partial charge is 0.472 e. The molecule has 0 heterocycles. The van der Waals surface area contributed by atoms with E-state index in [1.54, 1.807) is 6.08 Å². The van der Waals surface area contributed by atoms with Crippen molar-refractivity contribution < 1.29 is 33.5 Å². The van der Waals surface area contributed by atoms with Crippen LogP contribution < -0.4 is 11.1 Å². The fraction of sp³-hybridized carbons (Fsp3) is 0.941. The molecule has 0 fully saturated rings. The molecule has 0 aliphatic rings. The number of amides is 1. The Kier molecular flexibility index (Phi) is 46.6. The van der Waals surface area contributed by atoms with E-state index in [2.05, 4.69) is 19.2 Å². The Morgan fingerprint density at radius 2 is 0.902 bits per heavy atom. The maximum Gasteiger partial charge on any atom is 0.472 e. The summed E-state index contributed by atoms with van der Waals surface area (Å²) in [4.78, 5) is 22.9. The van der Waals surface area contributed by atoms with Gasteiger partial charge in [0.15, 0.2) is 0 Å². The van der Waals surface area contributed by atoms with Gasteiger partial charge in [-0.05, 0) is 19.3 Å². The Labute approximate surface area is 378 Å². The van der Waals surface area contributed by atoms with Crippen LogP contribution in [0.1, 0.15) is 271 Å². The van der Waals surface area contributed by atoms with E-state index in [0.717, 1.165) is 38.5 Å². The average molecular weight is 887 g/mol. The normalized spacial score (nSPS) is 14.4. The maximum atomic E-state index is 12.9. The topological polar surface area (TPSA) is 151 Å². The predicted octanol–water partition coefficient (Wildman–Crippen LogP) is 14.5. The van der Waals surface area contributed by atoms with Gasteiger partial charge in [0, 0.05) is 6.54 Å². The zero-order chi connectivity index (χ0) is 44.8. The molecule has 0 saturated heterocycles. The van der Waals surface area contributed by atoms with Gasteiger partial charge >= 0.3 is 7.82 Å². The lowest BCUT2D eigenvalue weighted by atomic mass is 10.0. The van der Waals surface area contributed by atoms with Gasteiger partial charge in [-0.25, -0.2) is 4.57 Å². The number of rotatable bonds is 50. The van der Waals surface area contributed by atoms with Crippen molar-refractivity contribution >= 4 is 13.7 Å². The number of phosphoric acid groups is 1. The van der Waals surface area contributed by atoms with E-state index in [4.69, 9.17) is 14.8 Å². The summed E-state index contributed by atoms with van der Waals surface area (Å²) in [6, 6.07) is -0.979. The monoisotopic (exact) mass is 887 g/mol. The SMILES string of the molecule is CCCCCCCCCCCCCCCCCCCC/C=C/C(O)C(COP(=O)(O)OCCN)NC(=O)CC(O)CCCCCCCCCCCCCCCCCCCCC. The Balaban J connectivity index is 4.15. The first-order valence-electron chi connectivity index (χ1n) is 26.4. The van der Waals surface area contributed by atoms with Crippen molar-refractivity contribution in [3.05, 3.63) is 12.2 Å². The summed E-state index contributed by atoms with van der Waals surface area (Å²) < 4.78 is 22.2. The van der Waals surface area contributed by atoms with E-state index in [9.17, 15) is 24.5 Å². The van der Waals surface area contributed by atoms with Crippen LogP contribution in [0, 0.1) is 0 Å². The maximum absolute atomic E-state index is 12.9. The molecule has 9 nitrogen and oxygen atoms in total. The van der Waals surface area contributed by atoms with E-state index in [1.807, 2.05) is 6.08 Å². The van der Waals surface area contributed by atoms with Crippen molar-refractivity contribution in [3.63, 3.8) is 0 Å². The second-order valence-corrected chi connectivity index (χ2v) is 19.7. The van der Waals surface area contributed by atoms with Gasteiger partial charge in [0.25, 0.3) is 0 Å². The average Bonchev–Trinajstić information content (AvgIpc) is 3.24. The van der Waals surface area contributed by atoms with Crippen molar-refractivity contribution in [1.82, 2.24) is 5.32 Å². The van der Waals surface area contributed by atoms with Crippen molar-refractivity contribution in [2.75, 3.05) is 19.8 Å². The lowest BCUT2D eigenvalue weighted by Gasteiger charge is -2.24. The van der Waals surface area contributed by atoms with Crippen LogP contribution in [0.2, 0.25) is 0 Å². The molecule has 0 radical (unpaired) electrons. The molecule has 61 heavy (non-hydrogen) atoms. The molecule has 0 aromatic rings. The van der Waals surface area contributed by atoms with Crippen LogP contribution in [-0.4, -0.2) is 59.0 Å². The number of hydrogen-bond acceptors (Lipinski definition) is 7. The van der Waals surface area contributed by atoms with Gasteiger partial charge < -0.3 is 26.2 Å². The zero-order valence-electron chi connectivity index (χ0n) is 40.3. The lowest BCUT2D eigenvalue weighted by Crippen LogP contribution is -2.46. The first-order chi connectivity index (χ1) is 29.8. The summed E-state index contributed by atoms with van der Waals surface area (Å²) in [5, 5.41) is 24.2. The number of aliphatic hydroxyl groups excluding tert-OH is 2. The molecule has 0 saturated carbocycles. The van der Waals surface area contributed by atoms with Crippen LogP contribution in [0.3, 0.4) is 0 Å². The highest BCUT2D eigenvalue weighted by molar-refractivity contribution is 7.47. The summed E-state index contributed by atoms with van der Waals surface area (Å²) in [6.07, 6.45) is 51.6. The molecule has 1 amide bonds. The molecule has 364 valence electrons. The van der Waals surface area contributed by atoms with Gasteiger partial charge in [0.05, 0.1) is 37.9 Å². The molecule has 0 rings (SSSR count). The summed E-state index contributed by atoms with van der Waals surface area (Å²) in [5.74, 6) is -0.439. The highest BCUT2D eigenvalue weighted by Gasteiger charge is 2.27. The van der Waals surface area contributed by atoms with Crippen LogP contribution >= 0.6 is 7.82 Å². The Morgan fingerprint density at radius 1 is 0.557 bits per heavy atom.